The van der Waals surface area contributed by atoms with Crippen molar-refractivity contribution in [1.82, 2.24) is 0 Å². The minimum atomic E-state index is -0.755. The van der Waals surface area contributed by atoms with Crippen molar-refractivity contribution in [3.05, 3.63) is 0 Å². The third-order valence-electron chi connectivity index (χ3n) is 8.40. The van der Waals surface area contributed by atoms with Crippen LogP contribution in [0.1, 0.15) is 195 Å². The second-order valence-corrected chi connectivity index (χ2v) is 12.7. The highest BCUT2D eigenvalue weighted by molar-refractivity contribution is 5.71. The molecule has 0 heterocycles. The van der Waals surface area contributed by atoms with E-state index in [2.05, 4.69) is 27.7 Å². The number of unbranched alkanes of at least 4 members (excludes halogenated alkanes) is 18. The van der Waals surface area contributed by atoms with Gasteiger partial charge in [-0.1, -0.05) is 156 Å². The lowest BCUT2D eigenvalue weighted by Gasteiger charge is -2.18. The van der Waals surface area contributed by atoms with Crippen LogP contribution in [0, 0.1) is 5.92 Å². The summed E-state index contributed by atoms with van der Waals surface area (Å²) in [5, 5.41) is 0. The Kier molecular flexibility index (Phi) is 30.6. The molecule has 0 aromatic rings. The summed E-state index contributed by atoms with van der Waals surface area (Å²) in [6.45, 7) is 8.83. The molecule has 0 N–H and O–H groups in total. The molecule has 0 aromatic heterocycles. The molecule has 0 fully saturated rings. The zero-order chi connectivity index (χ0) is 31.8. The van der Waals surface area contributed by atoms with E-state index in [-0.39, 0.29) is 31.1 Å². The van der Waals surface area contributed by atoms with Crippen LogP contribution >= 0.6 is 0 Å². The highest BCUT2D eigenvalue weighted by atomic mass is 16.6. The fraction of sp³-hybridized carbons (Fsp3) is 0.919. The summed E-state index contributed by atoms with van der Waals surface area (Å²) in [5.41, 5.74) is 0. The summed E-state index contributed by atoms with van der Waals surface area (Å²) in [6.07, 6.45) is 26.9. The summed E-state index contributed by atoms with van der Waals surface area (Å²) in [5.74, 6) is -0.0712. The molecule has 0 saturated heterocycles. The molecular weight excluding hydrogens is 540 g/mol. The molecule has 0 aliphatic carbocycles. The van der Waals surface area contributed by atoms with Gasteiger partial charge in [0.1, 0.15) is 13.2 Å². The van der Waals surface area contributed by atoms with Crippen LogP contribution in [0.5, 0.6) is 0 Å². The predicted molar refractivity (Wildman–Crippen MR) is 178 cm³/mol. The van der Waals surface area contributed by atoms with Gasteiger partial charge in [-0.05, 0) is 25.2 Å². The topological polar surface area (TPSA) is 78.9 Å². The third kappa shape index (κ3) is 30.2. The lowest BCUT2D eigenvalue weighted by Crippen LogP contribution is -2.30. The third-order valence-corrected chi connectivity index (χ3v) is 8.40. The van der Waals surface area contributed by atoms with Gasteiger partial charge in [0.15, 0.2) is 6.10 Å². The SMILES string of the molecule is CCCCCCCCCCCCC(=O)OC[C@@H](COC(=O)CCCCCCCCC(C)CC)OC(=O)CCCCCCC. The molecule has 0 aliphatic rings. The zero-order valence-corrected chi connectivity index (χ0v) is 28.9. The Hall–Kier alpha value is -1.59. The van der Waals surface area contributed by atoms with Crippen molar-refractivity contribution in [2.45, 2.75) is 201 Å². The van der Waals surface area contributed by atoms with Crippen molar-refractivity contribution in [1.29, 1.82) is 0 Å². The summed E-state index contributed by atoms with van der Waals surface area (Å²) in [6, 6.07) is 0. The van der Waals surface area contributed by atoms with Crippen LogP contribution in [0.3, 0.4) is 0 Å². The number of carbonyl (C=O) groups excluding carboxylic acids is 3. The Morgan fingerprint density at radius 3 is 1.21 bits per heavy atom. The Bertz CT molecular complexity index is 649. The van der Waals surface area contributed by atoms with E-state index in [9.17, 15) is 14.4 Å². The van der Waals surface area contributed by atoms with Crippen LogP contribution in [-0.2, 0) is 28.6 Å². The molecule has 0 aliphatic heterocycles. The van der Waals surface area contributed by atoms with E-state index >= 15 is 0 Å². The smallest absolute Gasteiger partial charge is 0.306 e. The first kappa shape index (κ1) is 41.4. The highest BCUT2D eigenvalue weighted by Crippen LogP contribution is 2.15. The number of esters is 3. The summed E-state index contributed by atoms with van der Waals surface area (Å²) >= 11 is 0. The second kappa shape index (κ2) is 31.8. The highest BCUT2D eigenvalue weighted by Gasteiger charge is 2.19. The molecule has 0 radical (unpaired) electrons. The van der Waals surface area contributed by atoms with Gasteiger partial charge >= 0.3 is 17.9 Å². The Balaban J connectivity index is 4.28. The average molecular weight is 611 g/mol. The standard InChI is InChI=1S/C37H70O6/c1-5-8-10-12-13-14-15-16-21-24-28-35(38)41-31-34(43-37(40)30-26-19-11-9-6-2)32-42-36(39)29-25-22-18-17-20-23-27-33(4)7-3/h33-34H,5-32H2,1-4H3/t33?,34-/m0/s1. The largest absolute Gasteiger partial charge is 0.462 e. The molecular formula is C37H70O6. The first-order valence-electron chi connectivity index (χ1n) is 18.4. The van der Waals surface area contributed by atoms with Crippen molar-refractivity contribution in [2.75, 3.05) is 13.2 Å². The zero-order valence-electron chi connectivity index (χ0n) is 28.9. The van der Waals surface area contributed by atoms with Gasteiger partial charge in [-0.25, -0.2) is 0 Å². The van der Waals surface area contributed by atoms with E-state index in [1.165, 1.54) is 83.5 Å². The molecule has 0 aromatic carbocycles. The molecule has 0 spiro atoms. The van der Waals surface area contributed by atoms with Gasteiger partial charge in [0, 0.05) is 19.3 Å². The average Bonchev–Trinajstić information content (AvgIpc) is 3.00. The van der Waals surface area contributed by atoms with Crippen LogP contribution in [0.25, 0.3) is 0 Å². The molecule has 2 atom stereocenters. The first-order valence-corrected chi connectivity index (χ1v) is 18.4. The molecule has 1 unspecified atom stereocenters. The van der Waals surface area contributed by atoms with Gasteiger partial charge in [-0.15, -0.1) is 0 Å². The minimum absolute atomic E-state index is 0.0674. The van der Waals surface area contributed by atoms with Crippen molar-refractivity contribution in [2.24, 2.45) is 5.92 Å². The lowest BCUT2D eigenvalue weighted by atomic mass is 10.00. The molecule has 0 rings (SSSR count). The normalized spacial score (nSPS) is 12.6. The second-order valence-electron chi connectivity index (χ2n) is 12.7. The Labute approximate surface area is 266 Å². The first-order chi connectivity index (χ1) is 20.9. The van der Waals surface area contributed by atoms with Gasteiger partial charge in [-0.3, -0.25) is 14.4 Å². The van der Waals surface area contributed by atoms with Crippen molar-refractivity contribution < 1.29 is 28.6 Å². The maximum absolute atomic E-state index is 12.4. The fourth-order valence-electron chi connectivity index (χ4n) is 5.18. The van der Waals surface area contributed by atoms with Crippen molar-refractivity contribution in [3.63, 3.8) is 0 Å². The minimum Gasteiger partial charge on any atom is -0.462 e. The van der Waals surface area contributed by atoms with E-state index in [4.69, 9.17) is 14.2 Å². The van der Waals surface area contributed by atoms with Gasteiger partial charge in [-0.2, -0.15) is 0 Å². The number of hydrogen-bond acceptors (Lipinski definition) is 6. The number of ether oxygens (including phenoxy) is 3. The van der Waals surface area contributed by atoms with Gasteiger partial charge in [0.2, 0.25) is 0 Å². The van der Waals surface area contributed by atoms with Crippen molar-refractivity contribution >= 4 is 17.9 Å². The molecule has 0 saturated carbocycles. The quantitative estimate of drug-likeness (QED) is 0.0428. The van der Waals surface area contributed by atoms with Crippen LogP contribution in [0.2, 0.25) is 0 Å². The van der Waals surface area contributed by atoms with E-state index in [0.717, 1.165) is 70.1 Å². The van der Waals surface area contributed by atoms with E-state index in [0.29, 0.717) is 19.3 Å². The van der Waals surface area contributed by atoms with E-state index in [1.54, 1.807) is 0 Å². The molecule has 43 heavy (non-hydrogen) atoms. The lowest BCUT2D eigenvalue weighted by molar-refractivity contribution is -0.167. The molecule has 6 nitrogen and oxygen atoms in total. The van der Waals surface area contributed by atoms with Gasteiger partial charge in [0.25, 0.3) is 0 Å². The maximum atomic E-state index is 12.4. The Morgan fingerprint density at radius 2 is 0.814 bits per heavy atom. The molecule has 0 bridgehead atoms. The number of rotatable bonds is 32. The number of carbonyl (C=O) groups is 3. The molecule has 254 valence electrons. The maximum Gasteiger partial charge on any atom is 0.306 e. The van der Waals surface area contributed by atoms with Gasteiger partial charge < -0.3 is 14.2 Å². The van der Waals surface area contributed by atoms with Crippen LogP contribution in [0.4, 0.5) is 0 Å². The molecule has 6 heteroatoms. The monoisotopic (exact) mass is 611 g/mol. The Morgan fingerprint density at radius 1 is 0.465 bits per heavy atom. The van der Waals surface area contributed by atoms with Gasteiger partial charge in [0.05, 0.1) is 0 Å². The van der Waals surface area contributed by atoms with Crippen LogP contribution in [0.15, 0.2) is 0 Å². The predicted octanol–water partition coefficient (Wildman–Crippen LogP) is 10.8. The fourth-order valence-corrected chi connectivity index (χ4v) is 5.18. The molecule has 0 amide bonds. The van der Waals surface area contributed by atoms with E-state index < -0.39 is 6.10 Å². The number of hydrogen-bond donors (Lipinski definition) is 0. The summed E-state index contributed by atoms with van der Waals surface area (Å²) in [7, 11) is 0. The summed E-state index contributed by atoms with van der Waals surface area (Å²) < 4.78 is 16.5. The summed E-state index contributed by atoms with van der Waals surface area (Å²) in [4.78, 5) is 37.1. The van der Waals surface area contributed by atoms with Crippen molar-refractivity contribution in [3.8, 4) is 0 Å². The van der Waals surface area contributed by atoms with Crippen LogP contribution in [-0.4, -0.2) is 37.2 Å². The van der Waals surface area contributed by atoms with E-state index in [1.807, 2.05) is 0 Å². The van der Waals surface area contributed by atoms with Crippen LogP contribution < -0.4 is 0 Å².